The highest BCUT2D eigenvalue weighted by molar-refractivity contribution is 5.94. The van der Waals surface area contributed by atoms with Crippen LogP contribution >= 0.6 is 0 Å². The normalized spacial score (nSPS) is 19.1. The van der Waals surface area contributed by atoms with Crippen molar-refractivity contribution in [2.75, 3.05) is 13.1 Å². The summed E-state index contributed by atoms with van der Waals surface area (Å²) in [6.07, 6.45) is 3.93. The van der Waals surface area contributed by atoms with Gasteiger partial charge in [-0.15, -0.1) is 0 Å². The summed E-state index contributed by atoms with van der Waals surface area (Å²) in [5.74, 6) is 0.512. The Bertz CT molecular complexity index is 592. The van der Waals surface area contributed by atoms with Crippen LogP contribution in [0.2, 0.25) is 0 Å². The van der Waals surface area contributed by atoms with E-state index in [-0.39, 0.29) is 5.91 Å². The second kappa shape index (κ2) is 5.49. The fourth-order valence-corrected chi connectivity index (χ4v) is 2.87. The van der Waals surface area contributed by atoms with E-state index in [2.05, 4.69) is 10.2 Å². The Morgan fingerprint density at radius 3 is 3.05 bits per heavy atom. The summed E-state index contributed by atoms with van der Waals surface area (Å²) in [5.41, 5.74) is 3.04. The van der Waals surface area contributed by atoms with Crippen LogP contribution in [-0.4, -0.2) is 34.1 Å². The molecule has 0 aliphatic carbocycles. The maximum atomic E-state index is 12.6. The summed E-state index contributed by atoms with van der Waals surface area (Å²) < 4.78 is 0. The van der Waals surface area contributed by atoms with E-state index in [1.165, 1.54) is 0 Å². The quantitative estimate of drug-likeness (QED) is 0.911. The number of H-pyrrole nitrogens is 1. The number of nitrogens with zero attached hydrogens (tertiary/aromatic N) is 2. The van der Waals surface area contributed by atoms with Gasteiger partial charge in [0.25, 0.3) is 5.91 Å². The van der Waals surface area contributed by atoms with Crippen LogP contribution in [0.5, 0.6) is 0 Å². The third kappa shape index (κ3) is 2.59. The number of piperidine rings is 1. The van der Waals surface area contributed by atoms with Gasteiger partial charge in [-0.25, -0.2) is 0 Å². The zero-order chi connectivity index (χ0) is 13.9. The first-order valence-corrected chi connectivity index (χ1v) is 7.09. The van der Waals surface area contributed by atoms with Gasteiger partial charge in [-0.05, 0) is 38.0 Å². The first kappa shape index (κ1) is 12.9. The van der Waals surface area contributed by atoms with Gasteiger partial charge in [-0.3, -0.25) is 9.89 Å². The molecule has 1 fully saturated rings. The van der Waals surface area contributed by atoms with Gasteiger partial charge in [0.15, 0.2) is 0 Å². The topological polar surface area (TPSA) is 49.0 Å². The lowest BCUT2D eigenvalue weighted by atomic mass is 9.94. The Labute approximate surface area is 118 Å². The van der Waals surface area contributed by atoms with E-state index in [0.717, 1.165) is 42.8 Å². The molecular formula is C16H19N3O. The van der Waals surface area contributed by atoms with Crippen LogP contribution in [0, 0.1) is 6.92 Å². The molecule has 0 saturated carbocycles. The molecule has 1 atom stereocenters. The predicted molar refractivity (Wildman–Crippen MR) is 77.6 cm³/mol. The number of hydrogen-bond acceptors (Lipinski definition) is 2. The molecule has 20 heavy (non-hydrogen) atoms. The molecule has 4 heteroatoms. The fraction of sp³-hybridized carbons (Fsp3) is 0.375. The molecule has 3 rings (SSSR count). The molecule has 1 aromatic heterocycles. The number of amides is 1. The minimum atomic E-state index is 0.137. The van der Waals surface area contributed by atoms with Crippen molar-refractivity contribution in [1.29, 1.82) is 0 Å². The lowest BCUT2D eigenvalue weighted by molar-refractivity contribution is 0.0706. The summed E-state index contributed by atoms with van der Waals surface area (Å²) in [4.78, 5) is 14.5. The van der Waals surface area contributed by atoms with Crippen molar-refractivity contribution < 1.29 is 4.79 Å². The number of nitrogens with one attached hydrogen (secondary N) is 1. The molecule has 2 heterocycles. The monoisotopic (exact) mass is 269 g/mol. The molecule has 1 saturated heterocycles. The van der Waals surface area contributed by atoms with E-state index >= 15 is 0 Å². The summed E-state index contributed by atoms with van der Waals surface area (Å²) in [7, 11) is 0. The van der Waals surface area contributed by atoms with Gasteiger partial charge in [-0.2, -0.15) is 5.10 Å². The van der Waals surface area contributed by atoms with Crippen molar-refractivity contribution in [2.24, 2.45) is 0 Å². The Morgan fingerprint density at radius 2 is 2.30 bits per heavy atom. The number of hydrogen-bond donors (Lipinski definition) is 1. The number of aromatic nitrogens is 2. The van der Waals surface area contributed by atoms with Crippen molar-refractivity contribution in [1.82, 2.24) is 15.1 Å². The Morgan fingerprint density at radius 1 is 1.40 bits per heavy atom. The zero-order valence-corrected chi connectivity index (χ0v) is 11.7. The molecule has 104 valence electrons. The van der Waals surface area contributed by atoms with Gasteiger partial charge < -0.3 is 4.90 Å². The van der Waals surface area contributed by atoms with E-state index < -0.39 is 0 Å². The first-order chi connectivity index (χ1) is 9.74. The Hall–Kier alpha value is -2.10. The maximum Gasteiger partial charge on any atom is 0.253 e. The highest BCUT2D eigenvalue weighted by atomic mass is 16.2. The molecule has 1 N–H and O–H groups in total. The highest BCUT2D eigenvalue weighted by Crippen LogP contribution is 2.26. The van der Waals surface area contributed by atoms with Crippen molar-refractivity contribution in [2.45, 2.75) is 25.7 Å². The third-order valence-corrected chi connectivity index (χ3v) is 3.94. The molecule has 4 nitrogen and oxygen atoms in total. The standard InChI is InChI=1S/C16H19N3O/c1-12-4-2-5-13(10-12)16(20)19-9-3-6-14(11-19)15-7-8-17-18-15/h2,4-5,7-8,10,14H,3,6,9,11H2,1H3,(H,17,18)/t14-/m0/s1. The molecule has 0 unspecified atom stereocenters. The van der Waals surface area contributed by atoms with Gasteiger partial charge in [0.05, 0.1) is 0 Å². The summed E-state index contributed by atoms with van der Waals surface area (Å²) in [6, 6.07) is 9.82. The van der Waals surface area contributed by atoms with Gasteiger partial charge in [-0.1, -0.05) is 17.7 Å². The molecule has 1 aliphatic rings. The molecule has 0 bridgehead atoms. The molecular weight excluding hydrogens is 250 g/mol. The largest absolute Gasteiger partial charge is 0.338 e. The van der Waals surface area contributed by atoms with E-state index in [1.807, 2.05) is 42.2 Å². The number of benzene rings is 1. The number of aryl methyl sites for hydroxylation is 1. The van der Waals surface area contributed by atoms with Crippen molar-refractivity contribution in [3.05, 3.63) is 53.3 Å². The van der Waals surface area contributed by atoms with E-state index in [1.54, 1.807) is 6.20 Å². The minimum absolute atomic E-state index is 0.137. The second-order valence-electron chi connectivity index (χ2n) is 5.47. The molecule has 0 spiro atoms. The van der Waals surface area contributed by atoms with Gasteiger partial charge in [0.2, 0.25) is 0 Å². The molecule has 1 aliphatic heterocycles. The van der Waals surface area contributed by atoms with Crippen LogP contribution in [0.1, 0.15) is 40.4 Å². The predicted octanol–water partition coefficient (Wildman–Crippen LogP) is 2.74. The van der Waals surface area contributed by atoms with E-state index in [9.17, 15) is 4.79 Å². The third-order valence-electron chi connectivity index (χ3n) is 3.94. The van der Waals surface area contributed by atoms with Crippen LogP contribution in [-0.2, 0) is 0 Å². The van der Waals surface area contributed by atoms with Crippen LogP contribution in [0.4, 0.5) is 0 Å². The maximum absolute atomic E-state index is 12.6. The average molecular weight is 269 g/mol. The summed E-state index contributed by atoms with van der Waals surface area (Å²) in [6.45, 7) is 3.63. The molecule has 1 amide bonds. The number of carbonyl (C=O) groups excluding carboxylic acids is 1. The lowest BCUT2D eigenvalue weighted by Crippen LogP contribution is -2.39. The Balaban J connectivity index is 1.75. The molecule has 2 aromatic rings. The van der Waals surface area contributed by atoms with Crippen LogP contribution in [0.3, 0.4) is 0 Å². The van der Waals surface area contributed by atoms with Crippen molar-refractivity contribution in [3.8, 4) is 0 Å². The summed E-state index contributed by atoms with van der Waals surface area (Å²) in [5, 5.41) is 7.04. The van der Waals surface area contributed by atoms with Crippen LogP contribution in [0.25, 0.3) is 0 Å². The molecule has 0 radical (unpaired) electrons. The van der Waals surface area contributed by atoms with Crippen LogP contribution in [0.15, 0.2) is 36.5 Å². The number of aromatic amines is 1. The SMILES string of the molecule is Cc1cccc(C(=O)N2CCC[C@H](c3ccn[nH]3)C2)c1. The van der Waals surface area contributed by atoms with Gasteiger partial charge >= 0.3 is 0 Å². The van der Waals surface area contributed by atoms with Crippen LogP contribution < -0.4 is 0 Å². The van der Waals surface area contributed by atoms with Gasteiger partial charge in [0, 0.05) is 36.5 Å². The smallest absolute Gasteiger partial charge is 0.253 e. The second-order valence-corrected chi connectivity index (χ2v) is 5.47. The first-order valence-electron chi connectivity index (χ1n) is 7.09. The highest BCUT2D eigenvalue weighted by Gasteiger charge is 2.26. The molecule has 1 aromatic carbocycles. The number of carbonyl (C=O) groups is 1. The minimum Gasteiger partial charge on any atom is -0.338 e. The van der Waals surface area contributed by atoms with Crippen molar-refractivity contribution in [3.63, 3.8) is 0 Å². The fourth-order valence-electron chi connectivity index (χ4n) is 2.87. The average Bonchev–Trinajstić information content (AvgIpc) is 3.01. The van der Waals surface area contributed by atoms with Crippen molar-refractivity contribution >= 4 is 5.91 Å². The number of likely N-dealkylation sites (tertiary alicyclic amines) is 1. The van der Waals surface area contributed by atoms with E-state index in [4.69, 9.17) is 0 Å². The summed E-state index contributed by atoms with van der Waals surface area (Å²) >= 11 is 0. The van der Waals surface area contributed by atoms with Gasteiger partial charge in [0.1, 0.15) is 0 Å². The van der Waals surface area contributed by atoms with E-state index in [0.29, 0.717) is 5.92 Å². The zero-order valence-electron chi connectivity index (χ0n) is 11.7. The Kier molecular flexibility index (Phi) is 3.54. The lowest BCUT2D eigenvalue weighted by Gasteiger charge is -2.32. The number of rotatable bonds is 2.